The molecule has 0 spiro atoms. The molecule has 1 aromatic heterocycles. The van der Waals surface area contributed by atoms with E-state index in [1.165, 1.54) is 16.5 Å². The van der Waals surface area contributed by atoms with Gasteiger partial charge in [-0.3, -0.25) is 4.79 Å². The van der Waals surface area contributed by atoms with E-state index >= 15 is 0 Å². The molecule has 3 rings (SSSR count). The number of fused-ring (bicyclic) bond motifs is 1. The van der Waals surface area contributed by atoms with Crippen LogP contribution in [0.4, 0.5) is 0 Å². The van der Waals surface area contributed by atoms with Crippen molar-refractivity contribution in [2.24, 2.45) is 0 Å². The van der Waals surface area contributed by atoms with Gasteiger partial charge in [0.25, 0.3) is 0 Å². The number of rotatable bonds is 5. The van der Waals surface area contributed by atoms with Crippen LogP contribution in [0.3, 0.4) is 0 Å². The first-order valence-corrected chi connectivity index (χ1v) is 8.43. The van der Waals surface area contributed by atoms with Gasteiger partial charge in [-0.1, -0.05) is 42.5 Å². The summed E-state index contributed by atoms with van der Waals surface area (Å²) in [6, 6.07) is 18.7. The lowest BCUT2D eigenvalue weighted by Gasteiger charge is -2.16. The van der Waals surface area contributed by atoms with E-state index in [1.54, 1.807) is 0 Å². The van der Waals surface area contributed by atoms with Crippen molar-refractivity contribution < 1.29 is 4.79 Å². The van der Waals surface area contributed by atoms with Gasteiger partial charge in [0.05, 0.1) is 0 Å². The molecular formula is C21H24N2O. The molecule has 0 aliphatic carbocycles. The summed E-state index contributed by atoms with van der Waals surface area (Å²) in [6.07, 6.45) is 0.851. The predicted octanol–water partition coefficient (Wildman–Crippen LogP) is 4.01. The fourth-order valence-corrected chi connectivity index (χ4v) is 3.24. The minimum Gasteiger partial charge on any atom is -0.352 e. The molecule has 0 fully saturated rings. The quantitative estimate of drug-likeness (QED) is 0.757. The van der Waals surface area contributed by atoms with E-state index in [-0.39, 0.29) is 11.9 Å². The summed E-state index contributed by atoms with van der Waals surface area (Å²) in [5.41, 5.74) is 4.77. The van der Waals surface area contributed by atoms with Crippen LogP contribution in [0.25, 0.3) is 10.9 Å². The van der Waals surface area contributed by atoms with E-state index in [0.717, 1.165) is 17.6 Å². The summed E-state index contributed by atoms with van der Waals surface area (Å²) in [4.78, 5) is 12.5. The Balaban J connectivity index is 1.67. The summed E-state index contributed by atoms with van der Waals surface area (Å²) in [5, 5.41) is 4.30. The van der Waals surface area contributed by atoms with E-state index in [4.69, 9.17) is 0 Å². The number of aryl methyl sites for hydroxylation is 2. The van der Waals surface area contributed by atoms with Crippen LogP contribution in [-0.4, -0.2) is 16.5 Å². The summed E-state index contributed by atoms with van der Waals surface area (Å²) in [7, 11) is 0. The smallest absolute Gasteiger partial charge is 0.240 e. The van der Waals surface area contributed by atoms with Gasteiger partial charge in [0.1, 0.15) is 6.54 Å². The van der Waals surface area contributed by atoms with Gasteiger partial charge >= 0.3 is 0 Å². The molecule has 1 atom stereocenters. The first-order valence-electron chi connectivity index (χ1n) is 8.43. The van der Waals surface area contributed by atoms with Gasteiger partial charge in [0, 0.05) is 17.3 Å². The van der Waals surface area contributed by atoms with Crippen LogP contribution < -0.4 is 5.32 Å². The van der Waals surface area contributed by atoms with Gasteiger partial charge in [-0.2, -0.15) is 0 Å². The Hall–Kier alpha value is -2.55. The molecule has 1 amide bonds. The molecule has 0 radical (unpaired) electrons. The zero-order valence-electron chi connectivity index (χ0n) is 14.5. The summed E-state index contributed by atoms with van der Waals surface area (Å²) < 4.78 is 2.07. The van der Waals surface area contributed by atoms with Crippen LogP contribution in [-0.2, 0) is 17.8 Å². The lowest BCUT2D eigenvalue weighted by Crippen LogP contribution is -2.36. The average Bonchev–Trinajstić information content (AvgIpc) is 2.85. The number of aromatic nitrogens is 1. The molecule has 124 valence electrons. The Morgan fingerprint density at radius 3 is 2.58 bits per heavy atom. The van der Waals surface area contributed by atoms with Gasteiger partial charge < -0.3 is 9.88 Å². The van der Waals surface area contributed by atoms with Gasteiger partial charge in [-0.25, -0.2) is 0 Å². The second kappa shape index (κ2) is 6.91. The number of nitrogens with one attached hydrogen (secondary N) is 1. The number of nitrogens with zero attached hydrogens (tertiary/aromatic N) is 1. The number of amides is 1. The van der Waals surface area contributed by atoms with Gasteiger partial charge in [-0.05, 0) is 55.8 Å². The van der Waals surface area contributed by atoms with Crippen molar-refractivity contribution in [1.29, 1.82) is 0 Å². The van der Waals surface area contributed by atoms with Crippen LogP contribution >= 0.6 is 0 Å². The second-order valence-electron chi connectivity index (χ2n) is 6.53. The molecule has 0 saturated carbocycles. The second-order valence-corrected chi connectivity index (χ2v) is 6.53. The molecule has 2 aromatic carbocycles. The lowest BCUT2D eigenvalue weighted by atomic mass is 10.0. The zero-order chi connectivity index (χ0) is 17.1. The number of hydrogen-bond donors (Lipinski definition) is 1. The third-order valence-corrected chi connectivity index (χ3v) is 4.51. The van der Waals surface area contributed by atoms with Gasteiger partial charge in [-0.15, -0.1) is 0 Å². The third kappa shape index (κ3) is 3.51. The van der Waals surface area contributed by atoms with E-state index in [9.17, 15) is 4.79 Å². The van der Waals surface area contributed by atoms with Gasteiger partial charge in [0.15, 0.2) is 0 Å². The molecule has 0 bridgehead atoms. The molecule has 1 heterocycles. The van der Waals surface area contributed by atoms with Crippen LogP contribution in [0.15, 0.2) is 54.6 Å². The minimum atomic E-state index is 0.0561. The van der Waals surface area contributed by atoms with Crippen molar-refractivity contribution in [1.82, 2.24) is 9.88 Å². The van der Waals surface area contributed by atoms with Crippen molar-refractivity contribution in [3.63, 3.8) is 0 Å². The fourth-order valence-electron chi connectivity index (χ4n) is 3.24. The molecule has 1 N–H and O–H groups in total. The van der Waals surface area contributed by atoms with Crippen LogP contribution in [0.5, 0.6) is 0 Å². The molecule has 3 aromatic rings. The summed E-state index contributed by atoms with van der Waals surface area (Å²) in [6.45, 7) is 6.58. The number of para-hydroxylation sites is 1. The highest BCUT2D eigenvalue weighted by Crippen LogP contribution is 2.19. The van der Waals surface area contributed by atoms with Crippen LogP contribution in [0.1, 0.15) is 23.7 Å². The monoisotopic (exact) mass is 320 g/mol. The molecule has 24 heavy (non-hydrogen) atoms. The number of hydrogen-bond acceptors (Lipinski definition) is 1. The third-order valence-electron chi connectivity index (χ3n) is 4.51. The number of carbonyl (C=O) groups is 1. The predicted molar refractivity (Wildman–Crippen MR) is 99.2 cm³/mol. The average molecular weight is 320 g/mol. The Morgan fingerprint density at radius 2 is 1.79 bits per heavy atom. The molecule has 0 unspecified atom stereocenters. The van der Waals surface area contributed by atoms with E-state index < -0.39 is 0 Å². The van der Waals surface area contributed by atoms with Crippen LogP contribution in [0.2, 0.25) is 0 Å². The van der Waals surface area contributed by atoms with E-state index in [2.05, 4.69) is 54.1 Å². The highest BCUT2D eigenvalue weighted by molar-refractivity contribution is 5.84. The Kier molecular flexibility index (Phi) is 4.70. The molecule has 0 aliphatic heterocycles. The maximum atomic E-state index is 12.5. The lowest BCUT2D eigenvalue weighted by molar-refractivity contribution is -0.122. The Bertz CT molecular complexity index is 863. The molecule has 0 aliphatic rings. The molecular weight excluding hydrogens is 296 g/mol. The number of benzene rings is 2. The fraction of sp³-hybridized carbons (Fsp3) is 0.286. The van der Waals surface area contributed by atoms with E-state index in [1.807, 2.05) is 31.2 Å². The first-order chi connectivity index (χ1) is 11.5. The summed E-state index contributed by atoms with van der Waals surface area (Å²) in [5.74, 6) is 0.0561. The first kappa shape index (κ1) is 16.3. The molecule has 0 saturated heterocycles. The molecule has 3 nitrogen and oxygen atoms in total. The highest BCUT2D eigenvalue weighted by atomic mass is 16.2. The SMILES string of the molecule is Cc1ccccc1C[C@@H](C)NC(=O)Cn1c(C)cc2ccccc21. The maximum absolute atomic E-state index is 12.5. The normalized spacial score (nSPS) is 12.3. The number of carbonyl (C=O) groups excluding carboxylic acids is 1. The van der Waals surface area contributed by atoms with Crippen molar-refractivity contribution in [2.75, 3.05) is 0 Å². The van der Waals surface area contributed by atoms with Gasteiger partial charge in [0.2, 0.25) is 5.91 Å². The summed E-state index contributed by atoms with van der Waals surface area (Å²) >= 11 is 0. The highest BCUT2D eigenvalue weighted by Gasteiger charge is 2.12. The Morgan fingerprint density at radius 1 is 1.08 bits per heavy atom. The van der Waals surface area contributed by atoms with E-state index in [0.29, 0.717) is 6.54 Å². The minimum absolute atomic E-state index is 0.0561. The molecule has 3 heteroatoms. The Labute approximate surface area is 143 Å². The van der Waals surface area contributed by atoms with Crippen molar-refractivity contribution in [3.8, 4) is 0 Å². The largest absolute Gasteiger partial charge is 0.352 e. The van der Waals surface area contributed by atoms with Crippen molar-refractivity contribution in [3.05, 3.63) is 71.4 Å². The topological polar surface area (TPSA) is 34.0 Å². The van der Waals surface area contributed by atoms with Crippen molar-refractivity contribution >= 4 is 16.8 Å². The standard InChI is InChI=1S/C21H24N2O/c1-15-8-4-5-9-18(15)12-16(2)22-21(24)14-23-17(3)13-19-10-6-7-11-20(19)23/h4-11,13,16H,12,14H2,1-3H3,(H,22,24)/t16-/m1/s1. The van der Waals surface area contributed by atoms with Crippen molar-refractivity contribution in [2.45, 2.75) is 39.8 Å². The maximum Gasteiger partial charge on any atom is 0.240 e. The zero-order valence-corrected chi connectivity index (χ0v) is 14.5. The van der Waals surface area contributed by atoms with Crippen LogP contribution in [0, 0.1) is 13.8 Å².